The lowest BCUT2D eigenvalue weighted by atomic mass is 9.76. The molecule has 0 saturated carbocycles. The summed E-state index contributed by atoms with van der Waals surface area (Å²) in [5, 5.41) is 16.8. The normalized spacial score (nSPS) is 13.0. The molecule has 0 spiro atoms. The Labute approximate surface area is 232 Å². The largest absolute Gasteiger partial charge is 0.418 e. The fourth-order valence-electron chi connectivity index (χ4n) is 4.24. The summed E-state index contributed by atoms with van der Waals surface area (Å²) < 4.78 is 24.5. The van der Waals surface area contributed by atoms with Gasteiger partial charge in [0, 0.05) is 12.6 Å². The predicted molar refractivity (Wildman–Crippen MR) is 156 cm³/mol. The van der Waals surface area contributed by atoms with E-state index in [0.717, 1.165) is 16.7 Å². The minimum Gasteiger partial charge on any atom is -0.395 e. The number of amides is 1. The Morgan fingerprint density at radius 1 is 0.769 bits per heavy atom. The van der Waals surface area contributed by atoms with E-state index >= 15 is 0 Å². The van der Waals surface area contributed by atoms with Crippen LogP contribution >= 0.6 is 7.60 Å². The van der Waals surface area contributed by atoms with Crippen molar-refractivity contribution in [1.82, 2.24) is 10.6 Å². The molecular formula is C31H41N2O5P. The summed E-state index contributed by atoms with van der Waals surface area (Å²) in [5.41, 5.74) is 1.26. The number of hydrogen-bond acceptors (Lipinski definition) is 6. The van der Waals surface area contributed by atoms with Gasteiger partial charge in [-0.1, -0.05) is 119 Å². The third kappa shape index (κ3) is 8.10. The molecule has 3 aromatic carbocycles. The zero-order valence-electron chi connectivity index (χ0n) is 23.2. The lowest BCUT2D eigenvalue weighted by molar-refractivity contribution is 0.169. The molecule has 0 aliphatic heterocycles. The van der Waals surface area contributed by atoms with Gasteiger partial charge in [0.2, 0.25) is 0 Å². The van der Waals surface area contributed by atoms with Crippen LogP contribution in [0.2, 0.25) is 0 Å². The van der Waals surface area contributed by atoms with Crippen LogP contribution in [0.4, 0.5) is 4.79 Å². The van der Waals surface area contributed by atoms with Crippen molar-refractivity contribution >= 4 is 13.2 Å². The molecule has 0 bridgehead atoms. The van der Waals surface area contributed by atoms with Crippen molar-refractivity contribution in [3.8, 4) is 0 Å². The van der Waals surface area contributed by atoms with E-state index in [-0.39, 0.29) is 38.2 Å². The Morgan fingerprint density at radius 2 is 1.15 bits per heavy atom. The topological polar surface area (TPSA) is 96.9 Å². The van der Waals surface area contributed by atoms with E-state index in [1.807, 2.05) is 119 Å². The lowest BCUT2D eigenvalue weighted by Gasteiger charge is -2.40. The van der Waals surface area contributed by atoms with Gasteiger partial charge in [0.1, 0.15) is 0 Å². The first-order valence-electron chi connectivity index (χ1n) is 13.4. The summed E-state index contributed by atoms with van der Waals surface area (Å²) >= 11 is 0. The number of carbonyl (C=O) groups excluding carboxylic acids is 1. The van der Waals surface area contributed by atoms with Crippen LogP contribution in [-0.2, 0) is 19.2 Å². The highest BCUT2D eigenvalue weighted by Gasteiger charge is 2.39. The fourth-order valence-corrected chi connectivity index (χ4v) is 5.82. The summed E-state index contributed by atoms with van der Waals surface area (Å²) in [7, 11) is -4.07. The van der Waals surface area contributed by atoms with Crippen LogP contribution in [0.5, 0.6) is 0 Å². The molecule has 210 valence electrons. The number of aliphatic hydroxyl groups is 1. The van der Waals surface area contributed by atoms with Crippen LogP contribution in [0.3, 0.4) is 0 Å². The fraction of sp³-hybridized carbons (Fsp3) is 0.387. The summed E-state index contributed by atoms with van der Waals surface area (Å²) in [6, 6.07) is 29.3. The maximum atomic E-state index is 13.4. The molecule has 0 aliphatic carbocycles. The Balaban J connectivity index is 1.94. The van der Waals surface area contributed by atoms with Gasteiger partial charge < -0.3 is 19.5 Å². The molecule has 3 N–H and O–H groups in total. The lowest BCUT2D eigenvalue weighted by Crippen LogP contribution is -2.54. The second-order valence-electron chi connectivity index (χ2n) is 10.4. The molecule has 0 unspecified atom stereocenters. The van der Waals surface area contributed by atoms with Gasteiger partial charge in [0.25, 0.3) is 0 Å². The number of hydrogen-bond donors (Lipinski definition) is 3. The third-order valence-corrected chi connectivity index (χ3v) is 7.80. The van der Waals surface area contributed by atoms with Gasteiger partial charge >= 0.3 is 13.2 Å². The van der Waals surface area contributed by atoms with Crippen LogP contribution in [0.1, 0.15) is 44.4 Å². The first-order chi connectivity index (χ1) is 18.7. The molecule has 0 radical (unpaired) electrons. The van der Waals surface area contributed by atoms with Crippen LogP contribution in [0.15, 0.2) is 91.0 Å². The molecule has 1 atom stereocenters. The summed E-state index contributed by atoms with van der Waals surface area (Å²) in [5.74, 6) is 0.146. The smallest absolute Gasteiger partial charge is 0.395 e. The molecular weight excluding hydrogens is 511 g/mol. The molecule has 7 nitrogen and oxygen atoms in total. The van der Waals surface area contributed by atoms with E-state index in [9.17, 15) is 14.5 Å². The van der Waals surface area contributed by atoms with Gasteiger partial charge in [0.15, 0.2) is 0 Å². The van der Waals surface area contributed by atoms with Crippen molar-refractivity contribution in [3.05, 3.63) is 108 Å². The van der Waals surface area contributed by atoms with Crippen molar-refractivity contribution in [3.63, 3.8) is 0 Å². The van der Waals surface area contributed by atoms with Gasteiger partial charge in [0.05, 0.1) is 25.4 Å². The second kappa shape index (κ2) is 14.5. The van der Waals surface area contributed by atoms with E-state index in [0.29, 0.717) is 0 Å². The standard InChI is InChI=1S/C31H41N2O5P/c1-24(2)22-37-39(36,38-23-25(3)4)30(35)32-20-29(21-34)33-31(26-14-8-5-9-15-26,27-16-10-6-11-17-27)28-18-12-7-13-19-28/h5-19,24-25,29,33-34H,20-23H2,1-4H3,(H,32,35)/t29-/m0/s1. The molecule has 8 heteroatoms. The number of rotatable bonds is 15. The van der Waals surface area contributed by atoms with E-state index in [2.05, 4.69) is 10.6 Å². The molecule has 3 rings (SSSR count). The maximum absolute atomic E-state index is 13.4. The van der Waals surface area contributed by atoms with Gasteiger partial charge in [-0.15, -0.1) is 0 Å². The third-order valence-electron chi connectivity index (χ3n) is 6.17. The Hall–Kier alpha value is -2.80. The first kappa shape index (κ1) is 30.7. The van der Waals surface area contributed by atoms with E-state index in [1.54, 1.807) is 0 Å². The molecule has 0 aromatic heterocycles. The monoisotopic (exact) mass is 552 g/mol. The zero-order valence-corrected chi connectivity index (χ0v) is 24.1. The maximum Gasteiger partial charge on any atom is 0.418 e. The average Bonchev–Trinajstić information content (AvgIpc) is 2.96. The first-order valence-corrected chi connectivity index (χ1v) is 15.0. The van der Waals surface area contributed by atoms with Crippen molar-refractivity contribution < 1.29 is 23.5 Å². The van der Waals surface area contributed by atoms with Gasteiger partial charge in [-0.3, -0.25) is 10.1 Å². The highest BCUT2D eigenvalue weighted by molar-refractivity contribution is 7.71. The quantitative estimate of drug-likeness (QED) is 0.154. The van der Waals surface area contributed by atoms with Crippen LogP contribution in [0, 0.1) is 11.8 Å². The van der Waals surface area contributed by atoms with Crippen LogP contribution < -0.4 is 10.6 Å². The summed E-state index contributed by atoms with van der Waals surface area (Å²) in [4.78, 5) is 13.2. The number of benzene rings is 3. The van der Waals surface area contributed by atoms with Gasteiger partial charge in [-0.25, -0.2) is 4.57 Å². The van der Waals surface area contributed by atoms with Gasteiger partial charge in [-0.2, -0.15) is 0 Å². The number of aliphatic hydroxyl groups excluding tert-OH is 1. The van der Waals surface area contributed by atoms with Crippen molar-refractivity contribution in [2.24, 2.45) is 11.8 Å². The van der Waals surface area contributed by atoms with Gasteiger partial charge in [-0.05, 0) is 28.5 Å². The second-order valence-corrected chi connectivity index (χ2v) is 12.4. The van der Waals surface area contributed by atoms with E-state index in [4.69, 9.17) is 9.05 Å². The molecule has 0 heterocycles. The van der Waals surface area contributed by atoms with Crippen LogP contribution in [0.25, 0.3) is 0 Å². The predicted octanol–water partition coefficient (Wildman–Crippen LogP) is 6.18. The van der Waals surface area contributed by atoms with Crippen molar-refractivity contribution in [2.45, 2.75) is 39.3 Å². The van der Waals surface area contributed by atoms with Crippen molar-refractivity contribution in [2.75, 3.05) is 26.4 Å². The van der Waals surface area contributed by atoms with Crippen molar-refractivity contribution in [1.29, 1.82) is 0 Å². The van der Waals surface area contributed by atoms with E-state index < -0.39 is 24.8 Å². The summed E-state index contributed by atoms with van der Waals surface area (Å²) in [6.45, 7) is 7.62. The zero-order chi connectivity index (χ0) is 28.3. The Bertz CT molecular complexity index is 1080. The average molecular weight is 553 g/mol. The van der Waals surface area contributed by atoms with E-state index in [1.165, 1.54) is 0 Å². The Kier molecular flexibility index (Phi) is 11.5. The number of carbonyl (C=O) groups is 1. The van der Waals surface area contributed by atoms with Crippen LogP contribution in [-0.4, -0.2) is 43.2 Å². The SMILES string of the molecule is CC(C)COP(=O)(OCC(C)C)C(=O)NC[C@@H](CO)NC(c1ccccc1)(c1ccccc1)c1ccccc1. The molecule has 1 amide bonds. The molecule has 0 saturated heterocycles. The molecule has 0 fully saturated rings. The molecule has 3 aromatic rings. The molecule has 39 heavy (non-hydrogen) atoms. The highest BCUT2D eigenvalue weighted by Crippen LogP contribution is 2.49. The molecule has 0 aliphatic rings. The summed E-state index contributed by atoms with van der Waals surface area (Å²) in [6.07, 6.45) is 0. The minimum absolute atomic E-state index is 0.00362. The number of nitrogens with one attached hydrogen (secondary N) is 2. The Morgan fingerprint density at radius 3 is 1.49 bits per heavy atom. The highest BCUT2D eigenvalue weighted by atomic mass is 31.2. The minimum atomic E-state index is -4.07.